The van der Waals surface area contributed by atoms with Crippen molar-refractivity contribution >= 4 is 34.6 Å². The summed E-state index contributed by atoms with van der Waals surface area (Å²) >= 11 is 1.50. The molecule has 1 heterocycles. The Bertz CT molecular complexity index is 1330. The van der Waals surface area contributed by atoms with Gasteiger partial charge in [0.15, 0.2) is 10.9 Å². The third-order valence-corrected chi connectivity index (χ3v) is 13.2. The van der Waals surface area contributed by atoms with Crippen LogP contribution in [0.2, 0.25) is 0 Å². The van der Waals surface area contributed by atoms with Crippen LogP contribution in [0.5, 0.6) is 0 Å². The highest BCUT2D eigenvalue weighted by atomic mass is 32.2. The molecular weight excluding hydrogens is 572 g/mol. The molecule has 8 atom stereocenters. The fourth-order valence-corrected chi connectivity index (χ4v) is 10.9. The van der Waals surface area contributed by atoms with E-state index in [0.717, 1.165) is 56.9 Å². The van der Waals surface area contributed by atoms with Crippen molar-refractivity contribution in [1.29, 1.82) is 0 Å². The predicted molar refractivity (Wildman–Crippen MR) is 173 cm³/mol. The number of ketones is 1. The van der Waals surface area contributed by atoms with Crippen molar-refractivity contribution in [2.24, 2.45) is 34.5 Å². The van der Waals surface area contributed by atoms with Crippen LogP contribution in [0.15, 0.2) is 35.9 Å². The highest BCUT2D eigenvalue weighted by Gasteiger charge is 2.68. The molecule has 1 aliphatic heterocycles. The molecule has 5 aliphatic rings. The van der Waals surface area contributed by atoms with Gasteiger partial charge in [-0.25, -0.2) is 0 Å². The molecule has 6 nitrogen and oxygen atoms in total. The SMILES string of the molecule is CC(=O)S[C@@H]1CC2=CC(=O)CC[C@]2(C)[C@H]2CC[C@@]3(C)[C@@H](CC[C@@]34CCC(=O)O4)[C@H]12.CC(C)Cc1ccc(C(C)C(=O)O)cc1. The third kappa shape index (κ3) is 5.94. The van der Waals surface area contributed by atoms with Crippen LogP contribution in [0.3, 0.4) is 0 Å². The Balaban J connectivity index is 0.000000217. The van der Waals surface area contributed by atoms with Gasteiger partial charge in [0.25, 0.3) is 0 Å². The first-order valence-corrected chi connectivity index (χ1v) is 17.5. The van der Waals surface area contributed by atoms with Gasteiger partial charge in [-0.1, -0.05) is 69.3 Å². The average molecular weight is 623 g/mol. The number of carboxylic acids is 1. The van der Waals surface area contributed by atoms with Crippen LogP contribution in [-0.4, -0.2) is 38.8 Å². The van der Waals surface area contributed by atoms with Crippen molar-refractivity contribution in [2.45, 2.75) is 123 Å². The lowest BCUT2D eigenvalue weighted by Crippen LogP contribution is -2.57. The quantitative estimate of drug-likeness (QED) is 0.333. The number of esters is 1. The van der Waals surface area contributed by atoms with Gasteiger partial charge >= 0.3 is 11.9 Å². The Kier molecular flexibility index (Phi) is 9.30. The Hall–Kier alpha value is -2.41. The first-order valence-electron chi connectivity index (χ1n) is 16.6. The maximum Gasteiger partial charge on any atom is 0.310 e. The summed E-state index contributed by atoms with van der Waals surface area (Å²) in [5.74, 6) is 1.11. The Morgan fingerprint density at radius 1 is 0.977 bits per heavy atom. The van der Waals surface area contributed by atoms with Crippen LogP contribution in [0.25, 0.3) is 0 Å². The number of aliphatic carboxylic acids is 1. The Morgan fingerprint density at radius 2 is 1.66 bits per heavy atom. The number of carbonyl (C=O) groups is 4. The summed E-state index contributed by atoms with van der Waals surface area (Å²) in [6, 6.07) is 7.87. The smallest absolute Gasteiger partial charge is 0.310 e. The van der Waals surface area contributed by atoms with E-state index in [1.54, 1.807) is 13.8 Å². The van der Waals surface area contributed by atoms with Gasteiger partial charge in [0.1, 0.15) is 5.60 Å². The average Bonchev–Trinajstić information content (AvgIpc) is 3.48. The van der Waals surface area contributed by atoms with Gasteiger partial charge in [-0.2, -0.15) is 0 Å². The van der Waals surface area contributed by atoms with Gasteiger partial charge < -0.3 is 9.84 Å². The molecule has 1 N–H and O–H groups in total. The number of rotatable bonds is 5. The van der Waals surface area contributed by atoms with Crippen LogP contribution in [-0.2, 0) is 30.3 Å². The van der Waals surface area contributed by atoms with Gasteiger partial charge in [-0.05, 0) is 105 Å². The standard InChI is InChI=1S/C24H32O4S.C13H18O2/c1-14(25)29-19-13-15-12-16(26)4-8-22(15,2)17-5-9-23(3)18(21(17)19)6-10-24(23)11-7-20(27)28-24;1-9(2)8-11-4-6-12(7-5-11)10(3)13(14)15/h12,17-19,21H,4-11,13H2,1-3H3;4-7,9-10H,8H2,1-3H3,(H,14,15)/t17-,18-,19+,21+,22-,23-,24+;/m0./s1. The minimum Gasteiger partial charge on any atom is -0.481 e. The fraction of sp³-hybridized carbons (Fsp3) is 0.676. The molecule has 0 amide bonds. The molecule has 0 aromatic heterocycles. The highest BCUT2D eigenvalue weighted by Crippen LogP contribution is 2.70. The van der Waals surface area contributed by atoms with E-state index in [1.807, 2.05) is 30.3 Å². The molecule has 1 spiro atoms. The van der Waals surface area contributed by atoms with E-state index in [4.69, 9.17) is 9.84 Å². The predicted octanol–water partition coefficient (Wildman–Crippen LogP) is 7.93. The number of hydrogen-bond donors (Lipinski definition) is 1. The summed E-state index contributed by atoms with van der Waals surface area (Å²) in [4.78, 5) is 47.2. The number of allylic oxidation sites excluding steroid dienone is 1. The zero-order valence-corrected chi connectivity index (χ0v) is 28.1. The molecule has 7 heteroatoms. The summed E-state index contributed by atoms with van der Waals surface area (Å²) in [5, 5.41) is 9.26. The van der Waals surface area contributed by atoms with Crippen LogP contribution < -0.4 is 0 Å². The molecular formula is C37H50O6S. The van der Waals surface area contributed by atoms with Gasteiger partial charge in [-0.15, -0.1) is 0 Å². The monoisotopic (exact) mass is 622 g/mol. The third-order valence-electron chi connectivity index (χ3n) is 12.1. The minimum absolute atomic E-state index is 0.0119. The van der Waals surface area contributed by atoms with Crippen molar-refractivity contribution in [3.63, 3.8) is 0 Å². The maximum atomic E-state index is 12.2. The molecule has 0 bridgehead atoms. The van der Waals surface area contributed by atoms with E-state index < -0.39 is 11.9 Å². The van der Waals surface area contributed by atoms with Crippen LogP contribution in [0.1, 0.15) is 116 Å². The van der Waals surface area contributed by atoms with Crippen LogP contribution in [0, 0.1) is 34.5 Å². The van der Waals surface area contributed by atoms with Crippen LogP contribution >= 0.6 is 11.8 Å². The first kappa shape index (κ1) is 33.0. The molecule has 44 heavy (non-hydrogen) atoms. The number of carbonyl (C=O) groups excluding carboxylic acids is 3. The molecule has 1 aromatic carbocycles. The van der Waals surface area contributed by atoms with Crippen molar-refractivity contribution in [1.82, 2.24) is 0 Å². The second kappa shape index (κ2) is 12.4. The zero-order valence-electron chi connectivity index (χ0n) is 27.3. The molecule has 3 saturated carbocycles. The number of ether oxygens (including phenoxy) is 1. The molecule has 240 valence electrons. The summed E-state index contributed by atoms with van der Waals surface area (Å²) < 4.78 is 6.06. The normalized spacial score (nSPS) is 36.4. The van der Waals surface area contributed by atoms with Crippen molar-refractivity contribution < 1.29 is 29.0 Å². The molecule has 4 aliphatic carbocycles. The largest absolute Gasteiger partial charge is 0.481 e. The van der Waals surface area contributed by atoms with Crippen molar-refractivity contribution in [2.75, 3.05) is 0 Å². The van der Waals surface area contributed by atoms with E-state index in [-0.39, 0.29) is 38.5 Å². The summed E-state index contributed by atoms with van der Waals surface area (Å²) in [6.07, 6.45) is 11.1. The molecule has 0 radical (unpaired) electrons. The lowest BCUT2D eigenvalue weighted by atomic mass is 9.46. The Labute approximate surface area is 267 Å². The van der Waals surface area contributed by atoms with Crippen molar-refractivity contribution in [3.8, 4) is 0 Å². The van der Waals surface area contributed by atoms with Gasteiger partial charge in [0, 0.05) is 30.4 Å². The van der Waals surface area contributed by atoms with E-state index in [2.05, 4.69) is 27.7 Å². The Morgan fingerprint density at radius 3 is 2.25 bits per heavy atom. The number of carboxylic acid groups (broad SMARTS) is 1. The summed E-state index contributed by atoms with van der Waals surface area (Å²) in [5.41, 5.74) is 3.23. The summed E-state index contributed by atoms with van der Waals surface area (Å²) in [6.45, 7) is 12.5. The van der Waals surface area contributed by atoms with E-state index in [1.165, 1.54) is 22.9 Å². The zero-order chi connectivity index (χ0) is 32.0. The molecule has 6 rings (SSSR count). The minimum atomic E-state index is -0.772. The number of hydrogen-bond acceptors (Lipinski definition) is 6. The molecule has 1 aromatic rings. The van der Waals surface area contributed by atoms with Crippen molar-refractivity contribution in [3.05, 3.63) is 47.0 Å². The highest BCUT2D eigenvalue weighted by molar-refractivity contribution is 8.14. The second-order valence-corrected chi connectivity index (χ2v) is 16.5. The second-order valence-electron chi connectivity index (χ2n) is 15.1. The molecule has 1 unspecified atom stereocenters. The number of benzene rings is 1. The van der Waals surface area contributed by atoms with Gasteiger partial charge in [0.2, 0.25) is 0 Å². The number of thioether (sulfide) groups is 1. The van der Waals surface area contributed by atoms with E-state index in [9.17, 15) is 19.2 Å². The summed E-state index contributed by atoms with van der Waals surface area (Å²) in [7, 11) is 0. The first-order chi connectivity index (χ1) is 20.7. The van der Waals surface area contributed by atoms with Gasteiger partial charge in [0.05, 0.1) is 5.92 Å². The van der Waals surface area contributed by atoms with Gasteiger partial charge in [-0.3, -0.25) is 19.2 Å². The number of fused-ring (bicyclic) bond motifs is 6. The molecule has 1 saturated heterocycles. The molecule has 4 fully saturated rings. The maximum absolute atomic E-state index is 12.2. The van der Waals surface area contributed by atoms with E-state index >= 15 is 0 Å². The lowest BCUT2D eigenvalue weighted by molar-refractivity contribution is -0.167. The lowest BCUT2D eigenvalue weighted by Gasteiger charge is -2.61. The van der Waals surface area contributed by atoms with Crippen LogP contribution in [0.4, 0.5) is 0 Å². The van der Waals surface area contributed by atoms with E-state index in [0.29, 0.717) is 36.5 Å². The fourth-order valence-electron chi connectivity index (χ4n) is 9.69. The topological polar surface area (TPSA) is 97.7 Å².